The minimum atomic E-state index is 0.268. The standard InChI is InChI=1S/C21H31N5O2/c1-3-22-21(23-11-6-13-28-19-10-14-27-16-19)24-15-18-7-4-5-8-20(18)26-12-9-17(2)25-26/h4-5,7-9,12,19H,3,6,10-11,13-16H2,1-2H3,(H2,22,23,24). The van der Waals surface area contributed by atoms with Crippen LogP contribution in [-0.2, 0) is 16.0 Å². The fourth-order valence-corrected chi connectivity index (χ4v) is 3.10. The molecule has 2 aromatic rings. The predicted molar refractivity (Wildman–Crippen MR) is 111 cm³/mol. The van der Waals surface area contributed by atoms with E-state index >= 15 is 0 Å². The van der Waals surface area contributed by atoms with Gasteiger partial charge in [-0.15, -0.1) is 0 Å². The lowest BCUT2D eigenvalue weighted by Gasteiger charge is -2.13. The Bertz CT molecular complexity index is 753. The fraction of sp³-hybridized carbons (Fsp3) is 0.524. The molecule has 0 amide bonds. The van der Waals surface area contributed by atoms with Crippen molar-refractivity contribution in [2.45, 2.75) is 39.3 Å². The van der Waals surface area contributed by atoms with Crippen LogP contribution in [0.25, 0.3) is 5.69 Å². The lowest BCUT2D eigenvalue weighted by atomic mass is 10.2. The van der Waals surface area contributed by atoms with Gasteiger partial charge < -0.3 is 20.1 Å². The molecule has 2 N–H and O–H groups in total. The van der Waals surface area contributed by atoms with Crippen molar-refractivity contribution in [3.63, 3.8) is 0 Å². The topological polar surface area (TPSA) is 72.7 Å². The predicted octanol–water partition coefficient (Wildman–Crippen LogP) is 2.43. The van der Waals surface area contributed by atoms with Gasteiger partial charge in [0.15, 0.2) is 5.96 Å². The Morgan fingerprint density at radius 1 is 1.32 bits per heavy atom. The van der Waals surface area contributed by atoms with Gasteiger partial charge in [0, 0.05) is 32.5 Å². The summed E-state index contributed by atoms with van der Waals surface area (Å²) in [7, 11) is 0. The number of guanidine groups is 1. The average Bonchev–Trinajstić information content (AvgIpc) is 3.38. The van der Waals surface area contributed by atoms with Crippen LogP contribution >= 0.6 is 0 Å². The molecular formula is C21H31N5O2. The maximum Gasteiger partial charge on any atom is 0.191 e. The second-order valence-corrected chi connectivity index (χ2v) is 6.86. The maximum atomic E-state index is 5.81. The Morgan fingerprint density at radius 3 is 2.96 bits per heavy atom. The number of hydrogen-bond donors (Lipinski definition) is 2. The minimum Gasteiger partial charge on any atom is -0.379 e. The second-order valence-electron chi connectivity index (χ2n) is 6.86. The summed E-state index contributed by atoms with van der Waals surface area (Å²) in [6.45, 7) is 8.57. The quantitative estimate of drug-likeness (QED) is 0.394. The third-order valence-electron chi connectivity index (χ3n) is 4.57. The van der Waals surface area contributed by atoms with Crippen molar-refractivity contribution >= 4 is 5.96 Å². The smallest absolute Gasteiger partial charge is 0.191 e. The molecule has 1 fully saturated rings. The summed E-state index contributed by atoms with van der Waals surface area (Å²) in [5.41, 5.74) is 3.19. The third-order valence-corrected chi connectivity index (χ3v) is 4.57. The lowest BCUT2D eigenvalue weighted by molar-refractivity contribution is 0.0420. The molecule has 0 radical (unpaired) electrons. The first-order valence-electron chi connectivity index (χ1n) is 10.1. The van der Waals surface area contributed by atoms with E-state index in [9.17, 15) is 0 Å². The highest BCUT2D eigenvalue weighted by Gasteiger charge is 2.15. The van der Waals surface area contributed by atoms with E-state index < -0.39 is 0 Å². The molecule has 0 spiro atoms. The zero-order valence-corrected chi connectivity index (χ0v) is 16.9. The van der Waals surface area contributed by atoms with Crippen LogP contribution in [-0.4, -0.2) is 54.8 Å². The first kappa shape index (κ1) is 20.4. The molecular weight excluding hydrogens is 354 g/mol. The molecule has 0 bridgehead atoms. The number of hydrogen-bond acceptors (Lipinski definition) is 4. The zero-order valence-electron chi connectivity index (χ0n) is 16.9. The molecule has 152 valence electrons. The van der Waals surface area contributed by atoms with Crippen LogP contribution in [0.4, 0.5) is 0 Å². The summed E-state index contributed by atoms with van der Waals surface area (Å²) in [4.78, 5) is 4.74. The van der Waals surface area contributed by atoms with Gasteiger partial charge >= 0.3 is 0 Å². The fourth-order valence-electron chi connectivity index (χ4n) is 3.10. The lowest BCUT2D eigenvalue weighted by Crippen LogP contribution is -2.38. The molecule has 1 aliphatic rings. The number of aryl methyl sites for hydroxylation is 1. The van der Waals surface area contributed by atoms with E-state index in [4.69, 9.17) is 14.5 Å². The highest BCUT2D eigenvalue weighted by molar-refractivity contribution is 5.79. The molecule has 28 heavy (non-hydrogen) atoms. The van der Waals surface area contributed by atoms with Crippen LogP contribution in [0.2, 0.25) is 0 Å². The molecule has 7 heteroatoms. The van der Waals surface area contributed by atoms with Gasteiger partial charge in [-0.2, -0.15) is 5.10 Å². The SMILES string of the molecule is CCNC(=NCc1ccccc1-n1ccc(C)n1)NCCCOC1CCOC1. The van der Waals surface area contributed by atoms with Gasteiger partial charge in [-0.3, -0.25) is 0 Å². The summed E-state index contributed by atoms with van der Waals surface area (Å²) in [5, 5.41) is 11.2. The number of nitrogens with one attached hydrogen (secondary N) is 2. The number of para-hydroxylation sites is 1. The molecule has 1 aromatic carbocycles. The Labute approximate surface area is 167 Å². The summed E-state index contributed by atoms with van der Waals surface area (Å²) in [5.74, 6) is 0.818. The normalized spacial score (nSPS) is 17.1. The van der Waals surface area contributed by atoms with Crippen LogP contribution < -0.4 is 10.6 Å². The van der Waals surface area contributed by atoms with E-state index in [1.54, 1.807) is 0 Å². The Balaban J connectivity index is 1.52. The van der Waals surface area contributed by atoms with Crippen molar-refractivity contribution in [2.24, 2.45) is 4.99 Å². The number of aliphatic imine (C=N–C) groups is 1. The van der Waals surface area contributed by atoms with Crippen LogP contribution in [0, 0.1) is 6.92 Å². The van der Waals surface area contributed by atoms with Crippen LogP contribution in [0.3, 0.4) is 0 Å². The van der Waals surface area contributed by atoms with E-state index in [1.807, 2.05) is 36.0 Å². The van der Waals surface area contributed by atoms with E-state index in [2.05, 4.69) is 34.8 Å². The second kappa shape index (κ2) is 10.8. The van der Waals surface area contributed by atoms with Crippen molar-refractivity contribution in [3.8, 4) is 5.69 Å². The summed E-state index contributed by atoms with van der Waals surface area (Å²) in [6.07, 6.45) is 4.19. The third kappa shape index (κ3) is 6.07. The van der Waals surface area contributed by atoms with Gasteiger partial charge in [0.1, 0.15) is 0 Å². The van der Waals surface area contributed by atoms with Crippen molar-refractivity contribution in [2.75, 3.05) is 32.9 Å². The Hall–Kier alpha value is -2.38. The molecule has 3 rings (SSSR count). The summed E-state index contributed by atoms with van der Waals surface area (Å²) >= 11 is 0. The van der Waals surface area contributed by atoms with E-state index in [1.165, 1.54) is 0 Å². The van der Waals surface area contributed by atoms with Gasteiger partial charge in [-0.1, -0.05) is 18.2 Å². The van der Waals surface area contributed by atoms with E-state index in [-0.39, 0.29) is 6.10 Å². The van der Waals surface area contributed by atoms with Gasteiger partial charge in [-0.25, -0.2) is 9.67 Å². The number of benzene rings is 1. The Morgan fingerprint density at radius 2 is 2.21 bits per heavy atom. The number of aromatic nitrogens is 2. The van der Waals surface area contributed by atoms with E-state index in [0.29, 0.717) is 6.54 Å². The number of nitrogens with zero attached hydrogens (tertiary/aromatic N) is 3. The molecule has 0 saturated carbocycles. The van der Waals surface area contributed by atoms with Gasteiger partial charge in [-0.05, 0) is 44.4 Å². The van der Waals surface area contributed by atoms with Crippen LogP contribution in [0.15, 0.2) is 41.5 Å². The van der Waals surface area contributed by atoms with E-state index in [0.717, 1.165) is 68.7 Å². The van der Waals surface area contributed by atoms with Crippen molar-refractivity contribution < 1.29 is 9.47 Å². The maximum absolute atomic E-state index is 5.81. The molecule has 1 aromatic heterocycles. The number of ether oxygens (including phenoxy) is 2. The first-order chi connectivity index (χ1) is 13.8. The summed E-state index contributed by atoms with van der Waals surface area (Å²) < 4.78 is 13.0. The van der Waals surface area contributed by atoms with Gasteiger partial charge in [0.05, 0.1) is 30.6 Å². The number of rotatable bonds is 9. The highest BCUT2D eigenvalue weighted by Crippen LogP contribution is 2.15. The Kier molecular flexibility index (Phi) is 7.87. The monoisotopic (exact) mass is 385 g/mol. The van der Waals surface area contributed by atoms with Gasteiger partial charge in [0.25, 0.3) is 0 Å². The van der Waals surface area contributed by atoms with Crippen molar-refractivity contribution in [1.82, 2.24) is 20.4 Å². The van der Waals surface area contributed by atoms with Crippen LogP contribution in [0.1, 0.15) is 31.0 Å². The summed E-state index contributed by atoms with van der Waals surface area (Å²) in [6, 6.07) is 10.2. The molecule has 0 aliphatic carbocycles. The van der Waals surface area contributed by atoms with Crippen molar-refractivity contribution in [3.05, 3.63) is 47.8 Å². The molecule has 1 unspecified atom stereocenters. The molecule has 7 nitrogen and oxygen atoms in total. The first-order valence-corrected chi connectivity index (χ1v) is 10.1. The largest absolute Gasteiger partial charge is 0.379 e. The molecule has 1 aliphatic heterocycles. The average molecular weight is 386 g/mol. The van der Waals surface area contributed by atoms with Crippen LogP contribution in [0.5, 0.6) is 0 Å². The van der Waals surface area contributed by atoms with Crippen molar-refractivity contribution in [1.29, 1.82) is 0 Å². The highest BCUT2D eigenvalue weighted by atomic mass is 16.5. The zero-order chi connectivity index (χ0) is 19.6. The molecule has 2 heterocycles. The van der Waals surface area contributed by atoms with Gasteiger partial charge in [0.2, 0.25) is 0 Å². The minimum absolute atomic E-state index is 0.268. The molecule has 1 atom stereocenters. The molecule has 1 saturated heterocycles.